The van der Waals surface area contributed by atoms with Gasteiger partial charge < -0.3 is 19.6 Å². The fourth-order valence-corrected chi connectivity index (χ4v) is 3.54. The number of aromatic nitrogens is 2. The predicted molar refractivity (Wildman–Crippen MR) is 113 cm³/mol. The normalized spacial score (nSPS) is 16.3. The van der Waals surface area contributed by atoms with Crippen molar-refractivity contribution >= 4 is 12.0 Å². The molecule has 12 heteroatoms. The molecule has 1 N–H and O–H groups in total. The Balaban J connectivity index is 1.81. The Bertz CT molecular complexity index is 1030. The first-order chi connectivity index (χ1) is 15.7. The van der Waals surface area contributed by atoms with E-state index in [0.717, 1.165) is 17.0 Å². The second-order valence-electron chi connectivity index (χ2n) is 9.13. The Morgan fingerprint density at radius 1 is 1.18 bits per heavy atom. The van der Waals surface area contributed by atoms with E-state index in [1.807, 2.05) is 0 Å². The highest BCUT2D eigenvalue weighted by Gasteiger charge is 2.42. The van der Waals surface area contributed by atoms with Gasteiger partial charge in [-0.15, -0.1) is 0 Å². The molecule has 7 nitrogen and oxygen atoms in total. The average molecular weight is 488 g/mol. The van der Waals surface area contributed by atoms with E-state index in [0.29, 0.717) is 6.07 Å². The Labute approximate surface area is 193 Å². The molecule has 0 spiro atoms. The molecule has 1 saturated heterocycles. The molecule has 0 bridgehead atoms. The van der Waals surface area contributed by atoms with E-state index in [4.69, 9.17) is 4.74 Å². The molecule has 1 aliphatic rings. The van der Waals surface area contributed by atoms with Crippen molar-refractivity contribution in [2.24, 2.45) is 0 Å². The van der Waals surface area contributed by atoms with Crippen molar-refractivity contribution in [3.8, 4) is 11.6 Å². The summed E-state index contributed by atoms with van der Waals surface area (Å²) < 4.78 is 74.5. The van der Waals surface area contributed by atoms with Crippen molar-refractivity contribution in [3.63, 3.8) is 0 Å². The third kappa shape index (κ3) is 6.23. The van der Waals surface area contributed by atoms with E-state index < -0.39 is 40.9 Å². The standard InChI is InChI=1S/C22H25F5N4O3/c1-20(2,3)31(19(32)33)13-21(24)7-9-30(10-8-21)18-28-16(22(25,26)27)12-17(29-18)34-15-6-4-5-14(23)11-15/h4-6,11-12H,7-10,13H2,1-3H3,(H,32,33). The summed E-state index contributed by atoms with van der Waals surface area (Å²) in [7, 11) is 0. The molecule has 0 radical (unpaired) electrons. The van der Waals surface area contributed by atoms with Crippen LogP contribution in [0.1, 0.15) is 39.3 Å². The van der Waals surface area contributed by atoms with Crippen LogP contribution in [0, 0.1) is 5.82 Å². The SMILES string of the molecule is CC(C)(C)N(CC1(F)CCN(c2nc(Oc3cccc(F)c3)cc(C(F)(F)F)n2)CC1)C(=O)O. The van der Waals surface area contributed by atoms with Gasteiger partial charge in [0.15, 0.2) is 5.69 Å². The van der Waals surface area contributed by atoms with Crippen molar-refractivity contribution in [2.75, 3.05) is 24.5 Å². The number of anilines is 1. The Hall–Kier alpha value is -3.18. The maximum absolute atomic E-state index is 15.5. The van der Waals surface area contributed by atoms with Gasteiger partial charge in [-0.1, -0.05) is 6.07 Å². The van der Waals surface area contributed by atoms with Crippen molar-refractivity contribution in [1.29, 1.82) is 0 Å². The summed E-state index contributed by atoms with van der Waals surface area (Å²) in [6.07, 6.45) is -6.32. The van der Waals surface area contributed by atoms with Gasteiger partial charge in [0.2, 0.25) is 11.8 Å². The lowest BCUT2D eigenvalue weighted by atomic mass is 9.91. The van der Waals surface area contributed by atoms with E-state index in [2.05, 4.69) is 9.97 Å². The molecule has 1 amide bonds. The highest BCUT2D eigenvalue weighted by molar-refractivity contribution is 5.66. The van der Waals surface area contributed by atoms with Gasteiger partial charge in [-0.05, 0) is 32.9 Å². The molecule has 3 rings (SSSR count). The third-order valence-corrected chi connectivity index (χ3v) is 5.42. The van der Waals surface area contributed by atoms with Gasteiger partial charge >= 0.3 is 12.3 Å². The number of hydrogen-bond acceptors (Lipinski definition) is 5. The molecule has 2 heterocycles. The van der Waals surface area contributed by atoms with Crippen LogP contribution in [-0.4, -0.2) is 56.9 Å². The minimum Gasteiger partial charge on any atom is -0.465 e. The molecular weight excluding hydrogens is 463 g/mol. The summed E-state index contributed by atoms with van der Waals surface area (Å²) in [5.74, 6) is -1.43. The lowest BCUT2D eigenvalue weighted by Crippen LogP contribution is -2.55. The molecule has 1 aromatic carbocycles. The largest absolute Gasteiger partial charge is 0.465 e. The summed E-state index contributed by atoms with van der Waals surface area (Å²) in [4.78, 5) is 21.6. The molecule has 0 atom stereocenters. The topological polar surface area (TPSA) is 78.8 Å². The number of hydrogen-bond donors (Lipinski definition) is 1. The van der Waals surface area contributed by atoms with Gasteiger partial charge in [-0.3, -0.25) is 0 Å². The highest BCUT2D eigenvalue weighted by Crippen LogP contribution is 2.35. The van der Waals surface area contributed by atoms with Crippen molar-refractivity contribution < 1.29 is 36.6 Å². The molecule has 1 aliphatic heterocycles. The molecule has 34 heavy (non-hydrogen) atoms. The molecule has 0 saturated carbocycles. The van der Waals surface area contributed by atoms with E-state index in [1.54, 1.807) is 20.8 Å². The quantitative estimate of drug-likeness (QED) is 0.559. The maximum atomic E-state index is 15.5. The number of amides is 1. The predicted octanol–water partition coefficient (Wildman–Crippen LogP) is 5.51. The zero-order chi connectivity index (χ0) is 25.3. The van der Waals surface area contributed by atoms with Gasteiger partial charge in [0, 0.05) is 43.6 Å². The zero-order valence-corrected chi connectivity index (χ0v) is 18.9. The first-order valence-corrected chi connectivity index (χ1v) is 10.5. The number of benzene rings is 1. The van der Waals surface area contributed by atoms with Gasteiger partial charge in [0.25, 0.3) is 0 Å². The molecule has 1 aromatic heterocycles. The smallest absolute Gasteiger partial charge is 0.433 e. The van der Waals surface area contributed by atoms with E-state index in [-0.39, 0.29) is 44.2 Å². The summed E-state index contributed by atoms with van der Waals surface area (Å²) in [6, 6.07) is 5.45. The first kappa shape index (κ1) is 25.4. The van der Waals surface area contributed by atoms with Crippen molar-refractivity contribution in [1.82, 2.24) is 14.9 Å². The number of ether oxygens (including phenoxy) is 1. The van der Waals surface area contributed by atoms with Crippen LogP contribution >= 0.6 is 0 Å². The van der Waals surface area contributed by atoms with Crippen molar-refractivity contribution in [2.45, 2.75) is 51.0 Å². The zero-order valence-electron chi connectivity index (χ0n) is 18.9. The first-order valence-electron chi connectivity index (χ1n) is 10.5. The van der Waals surface area contributed by atoms with Crippen molar-refractivity contribution in [3.05, 3.63) is 41.8 Å². The average Bonchev–Trinajstić information content (AvgIpc) is 2.71. The number of carboxylic acid groups (broad SMARTS) is 1. The number of carbonyl (C=O) groups is 1. The van der Waals surface area contributed by atoms with Crippen LogP contribution in [0.4, 0.5) is 32.7 Å². The van der Waals surface area contributed by atoms with Crippen LogP contribution in [0.5, 0.6) is 11.6 Å². The van der Waals surface area contributed by atoms with Crippen LogP contribution in [-0.2, 0) is 6.18 Å². The molecule has 2 aromatic rings. The summed E-state index contributed by atoms with van der Waals surface area (Å²) in [5.41, 5.74) is -3.94. The van der Waals surface area contributed by atoms with Gasteiger partial charge in [-0.2, -0.15) is 18.2 Å². The van der Waals surface area contributed by atoms with Crippen LogP contribution in [0.3, 0.4) is 0 Å². The fraction of sp³-hybridized carbons (Fsp3) is 0.500. The number of rotatable bonds is 5. The number of halogens is 5. The molecular formula is C22H25F5N4O3. The van der Waals surface area contributed by atoms with Crippen LogP contribution in [0.25, 0.3) is 0 Å². The summed E-state index contributed by atoms with van der Waals surface area (Å²) in [6.45, 7) is 4.52. The van der Waals surface area contributed by atoms with Gasteiger partial charge in [-0.25, -0.2) is 18.6 Å². The van der Waals surface area contributed by atoms with Crippen LogP contribution in [0.15, 0.2) is 30.3 Å². The lowest BCUT2D eigenvalue weighted by molar-refractivity contribution is -0.141. The molecule has 1 fully saturated rings. The van der Waals surface area contributed by atoms with Gasteiger partial charge in [0.1, 0.15) is 17.2 Å². The second kappa shape index (κ2) is 9.22. The Kier molecular flexibility index (Phi) is 6.90. The highest BCUT2D eigenvalue weighted by atomic mass is 19.4. The minimum absolute atomic E-state index is 0.0329. The summed E-state index contributed by atoms with van der Waals surface area (Å²) >= 11 is 0. The summed E-state index contributed by atoms with van der Waals surface area (Å²) in [5, 5.41) is 9.44. The van der Waals surface area contributed by atoms with Crippen LogP contribution < -0.4 is 9.64 Å². The van der Waals surface area contributed by atoms with Gasteiger partial charge in [0.05, 0.1) is 6.54 Å². The Morgan fingerprint density at radius 3 is 2.35 bits per heavy atom. The van der Waals surface area contributed by atoms with E-state index >= 15 is 4.39 Å². The molecule has 0 aliphatic carbocycles. The lowest BCUT2D eigenvalue weighted by Gasteiger charge is -2.42. The number of piperidine rings is 1. The third-order valence-electron chi connectivity index (χ3n) is 5.42. The van der Waals surface area contributed by atoms with E-state index in [1.165, 1.54) is 17.0 Å². The molecule has 0 unspecified atom stereocenters. The monoisotopic (exact) mass is 488 g/mol. The second-order valence-corrected chi connectivity index (χ2v) is 9.13. The Morgan fingerprint density at radius 2 is 1.82 bits per heavy atom. The van der Waals surface area contributed by atoms with Crippen LogP contribution in [0.2, 0.25) is 0 Å². The number of nitrogens with zero attached hydrogens (tertiary/aromatic N) is 4. The van der Waals surface area contributed by atoms with E-state index in [9.17, 15) is 27.5 Å². The number of alkyl halides is 4. The minimum atomic E-state index is -4.80. The molecule has 186 valence electrons. The fourth-order valence-electron chi connectivity index (χ4n) is 3.54. The maximum Gasteiger partial charge on any atom is 0.433 e.